The van der Waals surface area contributed by atoms with Crippen LogP contribution in [0.2, 0.25) is 0 Å². The zero-order valence-corrected chi connectivity index (χ0v) is 17.7. The zero-order chi connectivity index (χ0) is 19.7. The number of para-hydroxylation sites is 1. The fraction of sp³-hybridized carbons (Fsp3) is 0.263. The van der Waals surface area contributed by atoms with Crippen molar-refractivity contribution in [1.29, 1.82) is 0 Å². The largest absolute Gasteiger partial charge is 0.311 e. The molecule has 2 aromatic carbocycles. The summed E-state index contributed by atoms with van der Waals surface area (Å²) in [6.45, 7) is 0.747. The van der Waals surface area contributed by atoms with Crippen molar-refractivity contribution in [2.24, 2.45) is 0 Å². The summed E-state index contributed by atoms with van der Waals surface area (Å²) in [5, 5.41) is 0. The number of nitrogens with one attached hydrogen (secondary N) is 1. The maximum atomic E-state index is 12.8. The lowest BCUT2D eigenvalue weighted by Gasteiger charge is -2.29. The van der Waals surface area contributed by atoms with Crippen molar-refractivity contribution in [2.75, 3.05) is 28.2 Å². The number of hydrogen-bond donors (Lipinski definition) is 1. The molecule has 0 fully saturated rings. The van der Waals surface area contributed by atoms with E-state index in [0.717, 1.165) is 45.9 Å². The molecule has 0 bridgehead atoms. The molecule has 1 aromatic heterocycles. The number of anilines is 2. The summed E-state index contributed by atoms with van der Waals surface area (Å²) in [7, 11) is -3.33. The molecule has 3 aromatic rings. The SMILES string of the molecule is CS(=O)(=O)Nc1ccc2sc(SCC(=O)N3CCCc4ccccc43)nc2c1. The van der Waals surface area contributed by atoms with Gasteiger partial charge in [-0.05, 0) is 42.7 Å². The standard InChI is InChI=1S/C19H19N3O3S3/c1-28(24,25)21-14-8-9-17-15(11-14)20-19(27-17)26-12-18(23)22-10-4-6-13-5-2-3-7-16(13)22/h2-3,5,7-9,11,21H,4,6,10,12H2,1H3. The van der Waals surface area contributed by atoms with E-state index >= 15 is 0 Å². The predicted octanol–water partition coefficient (Wildman–Crippen LogP) is 3.74. The van der Waals surface area contributed by atoms with Gasteiger partial charge in [0, 0.05) is 12.2 Å². The Kier molecular flexibility index (Phi) is 5.31. The molecule has 0 radical (unpaired) electrons. The molecular formula is C19H19N3O3S3. The summed E-state index contributed by atoms with van der Waals surface area (Å²) in [5.74, 6) is 0.402. The number of aromatic nitrogens is 1. The van der Waals surface area contributed by atoms with Crippen molar-refractivity contribution in [1.82, 2.24) is 4.98 Å². The molecule has 0 aliphatic carbocycles. The lowest BCUT2D eigenvalue weighted by Crippen LogP contribution is -2.36. The fourth-order valence-electron chi connectivity index (χ4n) is 3.24. The topological polar surface area (TPSA) is 79.4 Å². The van der Waals surface area contributed by atoms with Gasteiger partial charge in [0.1, 0.15) is 0 Å². The van der Waals surface area contributed by atoms with Crippen LogP contribution < -0.4 is 9.62 Å². The number of carbonyl (C=O) groups excluding carboxylic acids is 1. The number of benzene rings is 2. The maximum absolute atomic E-state index is 12.8. The summed E-state index contributed by atoms with van der Waals surface area (Å²) in [4.78, 5) is 19.2. The molecule has 9 heteroatoms. The van der Waals surface area contributed by atoms with Gasteiger partial charge in [0.2, 0.25) is 15.9 Å². The molecule has 1 aliphatic rings. The Morgan fingerprint density at radius 2 is 2.11 bits per heavy atom. The van der Waals surface area contributed by atoms with E-state index in [-0.39, 0.29) is 5.91 Å². The number of rotatable bonds is 5. The highest BCUT2D eigenvalue weighted by molar-refractivity contribution is 8.01. The molecule has 28 heavy (non-hydrogen) atoms. The van der Waals surface area contributed by atoms with Crippen LogP contribution in [0.3, 0.4) is 0 Å². The van der Waals surface area contributed by atoms with Gasteiger partial charge >= 0.3 is 0 Å². The third-order valence-corrected chi connectivity index (χ3v) is 7.17. The third-order valence-electron chi connectivity index (χ3n) is 4.40. The van der Waals surface area contributed by atoms with E-state index in [2.05, 4.69) is 15.8 Å². The van der Waals surface area contributed by atoms with Crippen molar-refractivity contribution in [3.8, 4) is 0 Å². The summed E-state index contributed by atoms with van der Waals surface area (Å²) in [5.41, 5.74) is 3.44. The highest BCUT2D eigenvalue weighted by atomic mass is 32.2. The second-order valence-corrected chi connectivity index (χ2v) is 10.6. The van der Waals surface area contributed by atoms with Gasteiger partial charge in [-0.25, -0.2) is 13.4 Å². The molecule has 0 saturated carbocycles. The number of nitrogens with zero attached hydrogens (tertiary/aromatic N) is 2. The fourth-order valence-corrected chi connectivity index (χ4v) is 5.72. The highest BCUT2D eigenvalue weighted by Crippen LogP contribution is 2.32. The van der Waals surface area contributed by atoms with E-state index in [9.17, 15) is 13.2 Å². The Bertz CT molecular complexity index is 1140. The molecule has 0 saturated heterocycles. The first-order valence-electron chi connectivity index (χ1n) is 8.78. The first kappa shape index (κ1) is 19.2. The van der Waals surface area contributed by atoms with E-state index in [1.165, 1.54) is 28.7 Å². The summed E-state index contributed by atoms with van der Waals surface area (Å²) < 4.78 is 27.0. The predicted molar refractivity (Wildman–Crippen MR) is 116 cm³/mol. The third kappa shape index (κ3) is 4.31. The molecule has 146 valence electrons. The maximum Gasteiger partial charge on any atom is 0.237 e. The minimum atomic E-state index is -3.33. The molecule has 0 spiro atoms. The van der Waals surface area contributed by atoms with Crippen LogP contribution in [-0.4, -0.2) is 37.9 Å². The molecule has 6 nitrogen and oxygen atoms in total. The van der Waals surface area contributed by atoms with Crippen molar-refractivity contribution in [2.45, 2.75) is 17.2 Å². The van der Waals surface area contributed by atoms with E-state index in [1.807, 2.05) is 29.2 Å². The van der Waals surface area contributed by atoms with E-state index < -0.39 is 10.0 Å². The monoisotopic (exact) mass is 433 g/mol. The Hall–Kier alpha value is -2.10. The van der Waals surface area contributed by atoms with Crippen molar-refractivity contribution >= 4 is 60.6 Å². The molecule has 1 amide bonds. The number of thioether (sulfide) groups is 1. The van der Waals surface area contributed by atoms with E-state index in [1.54, 1.807) is 12.1 Å². The number of fused-ring (bicyclic) bond motifs is 2. The molecule has 0 unspecified atom stereocenters. The number of sulfonamides is 1. The summed E-state index contributed by atoms with van der Waals surface area (Å²) in [6, 6.07) is 13.3. The van der Waals surface area contributed by atoms with Crippen LogP contribution in [0.4, 0.5) is 11.4 Å². The Morgan fingerprint density at radius 1 is 1.29 bits per heavy atom. The lowest BCUT2D eigenvalue weighted by molar-refractivity contribution is -0.116. The minimum Gasteiger partial charge on any atom is -0.311 e. The van der Waals surface area contributed by atoms with Gasteiger partial charge in [0.15, 0.2) is 4.34 Å². The second-order valence-electron chi connectivity index (χ2n) is 6.60. The number of aryl methyl sites for hydroxylation is 1. The molecule has 1 N–H and O–H groups in total. The summed E-state index contributed by atoms with van der Waals surface area (Å²) >= 11 is 2.92. The van der Waals surface area contributed by atoms with Gasteiger partial charge < -0.3 is 4.90 Å². The number of amides is 1. The highest BCUT2D eigenvalue weighted by Gasteiger charge is 2.22. The molecule has 4 rings (SSSR count). The number of carbonyl (C=O) groups is 1. The Morgan fingerprint density at radius 3 is 2.93 bits per heavy atom. The van der Waals surface area contributed by atoms with Crippen molar-refractivity contribution < 1.29 is 13.2 Å². The van der Waals surface area contributed by atoms with Crippen molar-refractivity contribution in [3.05, 3.63) is 48.0 Å². The van der Waals surface area contributed by atoms with Crippen LogP contribution >= 0.6 is 23.1 Å². The zero-order valence-electron chi connectivity index (χ0n) is 15.2. The number of hydrogen-bond acceptors (Lipinski definition) is 6. The van der Waals surface area contributed by atoms with Gasteiger partial charge in [-0.2, -0.15) is 0 Å². The molecule has 2 heterocycles. The quantitative estimate of drug-likeness (QED) is 0.620. The minimum absolute atomic E-state index is 0.0795. The van der Waals surface area contributed by atoms with Gasteiger partial charge in [-0.3, -0.25) is 9.52 Å². The van der Waals surface area contributed by atoms with Crippen LogP contribution in [0.5, 0.6) is 0 Å². The van der Waals surface area contributed by atoms with Gasteiger partial charge in [0.25, 0.3) is 0 Å². The normalized spacial score (nSPS) is 14.1. The average Bonchev–Trinajstić information content (AvgIpc) is 3.06. The van der Waals surface area contributed by atoms with Crippen LogP contribution in [0, 0.1) is 0 Å². The Balaban J connectivity index is 1.46. The first-order chi connectivity index (χ1) is 13.4. The van der Waals surface area contributed by atoms with Crippen LogP contribution in [0.15, 0.2) is 46.8 Å². The van der Waals surface area contributed by atoms with Gasteiger partial charge in [0.05, 0.1) is 27.9 Å². The summed E-state index contributed by atoms with van der Waals surface area (Å²) in [6.07, 6.45) is 3.10. The van der Waals surface area contributed by atoms with E-state index in [4.69, 9.17) is 0 Å². The van der Waals surface area contributed by atoms with Gasteiger partial charge in [-0.15, -0.1) is 11.3 Å². The van der Waals surface area contributed by atoms with Gasteiger partial charge in [-0.1, -0.05) is 30.0 Å². The second kappa shape index (κ2) is 7.73. The Labute approximate surface area is 172 Å². The average molecular weight is 434 g/mol. The van der Waals surface area contributed by atoms with Crippen LogP contribution in [0.1, 0.15) is 12.0 Å². The molecule has 0 atom stereocenters. The smallest absolute Gasteiger partial charge is 0.237 e. The van der Waals surface area contributed by atoms with E-state index in [0.29, 0.717) is 11.4 Å². The van der Waals surface area contributed by atoms with Crippen molar-refractivity contribution in [3.63, 3.8) is 0 Å². The number of thiazole rings is 1. The lowest BCUT2D eigenvalue weighted by atomic mass is 10.0. The molecule has 1 aliphatic heterocycles. The molecular weight excluding hydrogens is 414 g/mol. The van der Waals surface area contributed by atoms with Crippen LogP contribution in [-0.2, 0) is 21.2 Å². The van der Waals surface area contributed by atoms with Crippen LogP contribution in [0.25, 0.3) is 10.2 Å². The first-order valence-corrected chi connectivity index (χ1v) is 12.5.